The van der Waals surface area contributed by atoms with Gasteiger partial charge in [-0.3, -0.25) is 0 Å². The lowest BCUT2D eigenvalue weighted by Gasteiger charge is -2.38. The van der Waals surface area contributed by atoms with Gasteiger partial charge < -0.3 is 10.1 Å². The van der Waals surface area contributed by atoms with Gasteiger partial charge in [0.2, 0.25) is 0 Å². The first-order chi connectivity index (χ1) is 8.65. The van der Waals surface area contributed by atoms with Crippen LogP contribution in [-0.4, -0.2) is 19.2 Å². The van der Waals surface area contributed by atoms with E-state index in [9.17, 15) is 4.39 Å². The maximum atomic E-state index is 13.1. The summed E-state index contributed by atoms with van der Waals surface area (Å²) in [5.41, 5.74) is 1.49. The van der Waals surface area contributed by atoms with E-state index < -0.39 is 0 Å². The molecule has 1 aromatic carbocycles. The minimum atomic E-state index is -0.173. The highest BCUT2D eigenvalue weighted by atomic mass is 19.1. The van der Waals surface area contributed by atoms with E-state index in [1.54, 1.807) is 12.1 Å². The lowest BCUT2D eigenvalue weighted by Crippen LogP contribution is -2.41. The van der Waals surface area contributed by atoms with Crippen LogP contribution in [0.5, 0.6) is 5.75 Å². The van der Waals surface area contributed by atoms with Crippen LogP contribution in [0.3, 0.4) is 0 Å². The third-order valence-electron chi connectivity index (χ3n) is 4.25. The van der Waals surface area contributed by atoms with Crippen LogP contribution >= 0.6 is 0 Å². The van der Waals surface area contributed by atoms with Gasteiger partial charge >= 0.3 is 0 Å². The van der Waals surface area contributed by atoms with Crippen molar-refractivity contribution in [2.75, 3.05) is 13.1 Å². The van der Waals surface area contributed by atoms with Crippen LogP contribution in [0, 0.1) is 11.2 Å². The molecule has 0 aromatic heterocycles. The van der Waals surface area contributed by atoms with Crippen molar-refractivity contribution >= 4 is 0 Å². The molecule has 0 radical (unpaired) electrons. The first kappa shape index (κ1) is 12.0. The summed E-state index contributed by atoms with van der Waals surface area (Å²) in [6.45, 7) is 4.26. The quantitative estimate of drug-likeness (QED) is 0.886. The summed E-state index contributed by atoms with van der Waals surface area (Å²) >= 11 is 0. The maximum absolute atomic E-state index is 13.1. The molecular formula is C15H20FNO. The fraction of sp³-hybridized carbons (Fsp3) is 0.600. The number of halogens is 1. The highest BCUT2D eigenvalue weighted by molar-refractivity contribution is 5.37. The van der Waals surface area contributed by atoms with Gasteiger partial charge in [0.05, 0.1) is 0 Å². The van der Waals surface area contributed by atoms with E-state index in [0.29, 0.717) is 5.41 Å². The normalized spacial score (nSPS) is 24.2. The molecule has 1 aliphatic heterocycles. The summed E-state index contributed by atoms with van der Waals surface area (Å²) in [7, 11) is 0. The van der Waals surface area contributed by atoms with Crippen molar-refractivity contribution in [1.82, 2.24) is 5.32 Å². The average Bonchev–Trinajstić information content (AvgIpc) is 2.68. The van der Waals surface area contributed by atoms with Gasteiger partial charge in [-0.1, -0.05) is 13.3 Å². The van der Waals surface area contributed by atoms with Gasteiger partial charge in [0.25, 0.3) is 0 Å². The monoisotopic (exact) mass is 249 g/mol. The van der Waals surface area contributed by atoms with Crippen molar-refractivity contribution in [3.63, 3.8) is 0 Å². The van der Waals surface area contributed by atoms with E-state index in [0.717, 1.165) is 30.8 Å². The Hall–Kier alpha value is -1.09. The molecule has 1 fully saturated rings. The van der Waals surface area contributed by atoms with Crippen molar-refractivity contribution < 1.29 is 9.13 Å². The number of ether oxygens (including phenoxy) is 1. The van der Waals surface area contributed by atoms with Crippen LogP contribution in [-0.2, 0) is 6.42 Å². The zero-order valence-electron chi connectivity index (χ0n) is 10.8. The molecular weight excluding hydrogens is 229 g/mol. The molecule has 0 spiro atoms. The Morgan fingerprint density at radius 3 is 3.00 bits per heavy atom. The molecule has 0 saturated heterocycles. The second-order valence-corrected chi connectivity index (χ2v) is 5.99. The predicted molar refractivity (Wildman–Crippen MR) is 69.3 cm³/mol. The molecule has 3 rings (SSSR count). The number of hydrogen-bond donors (Lipinski definition) is 1. The topological polar surface area (TPSA) is 21.3 Å². The molecule has 1 unspecified atom stereocenters. The molecule has 1 aliphatic carbocycles. The standard InChI is InChI=1S/C15H20FNO/c1-15(5-2-6-15)10-17-9-13-8-11-7-12(16)3-4-14(11)18-13/h3-4,7,13,17H,2,5-6,8-10H2,1H3. The molecule has 18 heavy (non-hydrogen) atoms. The van der Waals surface area contributed by atoms with Gasteiger partial charge in [-0.05, 0) is 36.5 Å². The molecule has 1 aromatic rings. The van der Waals surface area contributed by atoms with Crippen LogP contribution in [0.1, 0.15) is 31.7 Å². The van der Waals surface area contributed by atoms with Crippen molar-refractivity contribution in [1.29, 1.82) is 0 Å². The molecule has 1 saturated carbocycles. The Bertz CT molecular complexity index is 442. The van der Waals surface area contributed by atoms with E-state index >= 15 is 0 Å². The molecule has 0 amide bonds. The van der Waals surface area contributed by atoms with Crippen molar-refractivity contribution in [3.05, 3.63) is 29.6 Å². The second-order valence-electron chi connectivity index (χ2n) is 5.99. The van der Waals surface area contributed by atoms with Crippen LogP contribution in [0.2, 0.25) is 0 Å². The number of fused-ring (bicyclic) bond motifs is 1. The Kier molecular flexibility index (Phi) is 3.02. The molecule has 2 aliphatic rings. The Labute approximate surface area is 108 Å². The number of hydrogen-bond acceptors (Lipinski definition) is 2. The van der Waals surface area contributed by atoms with E-state index in [-0.39, 0.29) is 11.9 Å². The molecule has 0 bridgehead atoms. The Morgan fingerprint density at radius 2 is 2.28 bits per heavy atom. The van der Waals surface area contributed by atoms with Gasteiger partial charge in [0.1, 0.15) is 17.7 Å². The highest BCUT2D eigenvalue weighted by Gasteiger charge is 2.31. The number of rotatable bonds is 4. The highest BCUT2D eigenvalue weighted by Crippen LogP contribution is 2.39. The molecule has 1 atom stereocenters. The van der Waals surface area contributed by atoms with E-state index in [4.69, 9.17) is 4.74 Å². The Morgan fingerprint density at radius 1 is 1.44 bits per heavy atom. The number of benzene rings is 1. The summed E-state index contributed by atoms with van der Waals surface area (Å²) in [5.74, 6) is 0.672. The summed E-state index contributed by atoms with van der Waals surface area (Å²) < 4.78 is 18.9. The third kappa shape index (κ3) is 2.37. The molecule has 1 heterocycles. The van der Waals surface area contributed by atoms with Crippen LogP contribution in [0.15, 0.2) is 18.2 Å². The van der Waals surface area contributed by atoms with Gasteiger partial charge in [0, 0.05) is 25.1 Å². The fourth-order valence-corrected chi connectivity index (χ4v) is 2.89. The maximum Gasteiger partial charge on any atom is 0.123 e. The average molecular weight is 249 g/mol. The van der Waals surface area contributed by atoms with Crippen molar-refractivity contribution in [2.24, 2.45) is 5.41 Å². The molecule has 98 valence electrons. The Balaban J connectivity index is 1.49. The summed E-state index contributed by atoms with van der Waals surface area (Å²) in [6.07, 6.45) is 5.00. The molecule has 2 nitrogen and oxygen atoms in total. The third-order valence-corrected chi connectivity index (χ3v) is 4.25. The zero-order chi connectivity index (χ0) is 12.6. The van der Waals surface area contributed by atoms with Crippen LogP contribution in [0.25, 0.3) is 0 Å². The zero-order valence-corrected chi connectivity index (χ0v) is 10.8. The van der Waals surface area contributed by atoms with E-state index in [1.807, 2.05) is 0 Å². The largest absolute Gasteiger partial charge is 0.488 e. The van der Waals surface area contributed by atoms with E-state index in [2.05, 4.69) is 12.2 Å². The lowest BCUT2D eigenvalue weighted by molar-refractivity contribution is 0.146. The first-order valence-corrected chi connectivity index (χ1v) is 6.80. The molecule has 3 heteroatoms. The van der Waals surface area contributed by atoms with Crippen LogP contribution in [0.4, 0.5) is 4.39 Å². The minimum Gasteiger partial charge on any atom is -0.488 e. The second kappa shape index (κ2) is 4.54. The number of nitrogens with one attached hydrogen (secondary N) is 1. The van der Waals surface area contributed by atoms with Crippen molar-refractivity contribution in [2.45, 2.75) is 38.7 Å². The fourth-order valence-electron chi connectivity index (χ4n) is 2.89. The van der Waals surface area contributed by atoms with Gasteiger partial charge in [-0.2, -0.15) is 0 Å². The first-order valence-electron chi connectivity index (χ1n) is 6.80. The summed E-state index contributed by atoms with van der Waals surface area (Å²) in [6, 6.07) is 4.78. The van der Waals surface area contributed by atoms with Gasteiger partial charge in [0.15, 0.2) is 0 Å². The van der Waals surface area contributed by atoms with E-state index in [1.165, 1.54) is 25.3 Å². The van der Waals surface area contributed by atoms with Crippen molar-refractivity contribution in [3.8, 4) is 5.75 Å². The lowest BCUT2D eigenvalue weighted by atomic mass is 9.70. The SMILES string of the molecule is CC1(CNCC2Cc3cc(F)ccc3O2)CCC1. The summed E-state index contributed by atoms with van der Waals surface area (Å²) in [5, 5.41) is 3.50. The van der Waals surface area contributed by atoms with Crippen LogP contribution < -0.4 is 10.1 Å². The minimum absolute atomic E-state index is 0.158. The van der Waals surface area contributed by atoms with Gasteiger partial charge in [-0.25, -0.2) is 4.39 Å². The predicted octanol–water partition coefficient (Wildman–Crippen LogP) is 2.91. The molecule has 1 N–H and O–H groups in total. The smallest absolute Gasteiger partial charge is 0.123 e. The van der Waals surface area contributed by atoms with Gasteiger partial charge in [-0.15, -0.1) is 0 Å². The summed E-state index contributed by atoms with van der Waals surface area (Å²) in [4.78, 5) is 0.